The predicted molar refractivity (Wildman–Crippen MR) is 118 cm³/mol. The van der Waals surface area contributed by atoms with Crippen LogP contribution in [0.5, 0.6) is 0 Å². The van der Waals surface area contributed by atoms with Crippen LogP contribution in [0.15, 0.2) is 29.2 Å². The monoisotopic (exact) mass is 403 g/mol. The van der Waals surface area contributed by atoms with E-state index in [0.29, 0.717) is 16.9 Å². The van der Waals surface area contributed by atoms with Crippen molar-refractivity contribution in [3.8, 4) is 11.5 Å². The van der Waals surface area contributed by atoms with E-state index in [9.17, 15) is 4.79 Å². The molecule has 0 spiro atoms. The maximum Gasteiger partial charge on any atom is 0.259 e. The standard InChI is InChI=1S/C22H25N7O/c1-13-9-16(28-7-5-27(4)6-8-28)10-17-20(13)24-21(25-22(17)30)18-11-19-15(3)23-14(2)12-29(19)26-18/h9-12H,5-8H2,1-4H3,(H,24,25,30). The van der Waals surface area contributed by atoms with Crippen LogP contribution in [0.3, 0.4) is 0 Å². The van der Waals surface area contributed by atoms with E-state index in [1.165, 1.54) is 0 Å². The number of aromatic amines is 1. The first-order valence-corrected chi connectivity index (χ1v) is 10.2. The molecular weight excluding hydrogens is 378 g/mol. The van der Waals surface area contributed by atoms with Gasteiger partial charge in [-0.25, -0.2) is 9.50 Å². The Morgan fingerprint density at radius 1 is 1.00 bits per heavy atom. The van der Waals surface area contributed by atoms with Crippen molar-refractivity contribution in [3.63, 3.8) is 0 Å². The quantitative estimate of drug-likeness (QED) is 0.553. The highest BCUT2D eigenvalue weighted by Crippen LogP contribution is 2.25. The third-order valence-corrected chi connectivity index (χ3v) is 5.86. The maximum atomic E-state index is 13.0. The lowest BCUT2D eigenvalue weighted by Crippen LogP contribution is -2.44. The van der Waals surface area contributed by atoms with Gasteiger partial charge in [-0.2, -0.15) is 5.10 Å². The van der Waals surface area contributed by atoms with Crippen LogP contribution >= 0.6 is 0 Å². The molecule has 4 heterocycles. The van der Waals surface area contributed by atoms with E-state index in [2.05, 4.69) is 38.0 Å². The number of aromatic nitrogens is 5. The second-order valence-electron chi connectivity index (χ2n) is 8.19. The van der Waals surface area contributed by atoms with Crippen molar-refractivity contribution in [2.45, 2.75) is 20.8 Å². The molecule has 0 unspecified atom stereocenters. The Labute approximate surface area is 174 Å². The lowest BCUT2D eigenvalue weighted by molar-refractivity contribution is 0.313. The largest absolute Gasteiger partial charge is 0.369 e. The average Bonchev–Trinajstić information content (AvgIpc) is 3.13. The Morgan fingerprint density at radius 3 is 2.53 bits per heavy atom. The SMILES string of the molecule is Cc1cn2nc(-c3nc4c(C)cc(N5CCN(C)CC5)cc4c(=O)[nH]3)cc2c(C)n1. The number of hydrogen-bond donors (Lipinski definition) is 1. The average molecular weight is 403 g/mol. The zero-order chi connectivity index (χ0) is 21.0. The summed E-state index contributed by atoms with van der Waals surface area (Å²) in [5.41, 5.74) is 5.97. The minimum Gasteiger partial charge on any atom is -0.369 e. The second kappa shape index (κ2) is 6.91. The molecule has 0 amide bonds. The molecule has 1 aliphatic rings. The number of H-pyrrole nitrogens is 1. The lowest BCUT2D eigenvalue weighted by Gasteiger charge is -2.34. The molecule has 3 aromatic heterocycles. The Morgan fingerprint density at radius 2 is 1.77 bits per heavy atom. The summed E-state index contributed by atoms with van der Waals surface area (Å²) in [5.74, 6) is 0.476. The van der Waals surface area contributed by atoms with Gasteiger partial charge in [-0.15, -0.1) is 0 Å². The van der Waals surface area contributed by atoms with Crippen LogP contribution < -0.4 is 10.5 Å². The van der Waals surface area contributed by atoms with Crippen molar-refractivity contribution < 1.29 is 0 Å². The molecule has 1 aromatic carbocycles. The summed E-state index contributed by atoms with van der Waals surface area (Å²) < 4.78 is 1.79. The molecule has 1 fully saturated rings. The number of anilines is 1. The van der Waals surface area contributed by atoms with E-state index in [0.717, 1.165) is 59.9 Å². The minimum atomic E-state index is -0.142. The Balaban J connectivity index is 1.60. The van der Waals surface area contributed by atoms with Crippen molar-refractivity contribution in [2.24, 2.45) is 0 Å². The van der Waals surface area contributed by atoms with Gasteiger partial charge >= 0.3 is 0 Å². The maximum absolute atomic E-state index is 13.0. The van der Waals surface area contributed by atoms with Crippen LogP contribution in [0, 0.1) is 20.8 Å². The lowest BCUT2D eigenvalue weighted by atomic mass is 10.1. The number of nitrogens with zero attached hydrogens (tertiary/aromatic N) is 6. The van der Waals surface area contributed by atoms with Gasteiger partial charge in [0.2, 0.25) is 0 Å². The Hall–Kier alpha value is -3.26. The summed E-state index contributed by atoms with van der Waals surface area (Å²) in [7, 11) is 2.14. The fourth-order valence-corrected chi connectivity index (χ4v) is 4.17. The van der Waals surface area contributed by atoms with Gasteiger partial charge in [0.05, 0.1) is 34.0 Å². The van der Waals surface area contributed by atoms with Crippen LogP contribution in [-0.2, 0) is 0 Å². The van der Waals surface area contributed by atoms with E-state index in [4.69, 9.17) is 4.98 Å². The third kappa shape index (κ3) is 3.13. The molecular formula is C22H25N7O. The fraction of sp³-hybridized carbons (Fsp3) is 0.364. The Kier molecular flexibility index (Phi) is 4.32. The number of benzene rings is 1. The van der Waals surface area contributed by atoms with E-state index >= 15 is 0 Å². The topological polar surface area (TPSA) is 82.4 Å². The third-order valence-electron chi connectivity index (χ3n) is 5.86. The first-order valence-electron chi connectivity index (χ1n) is 10.2. The number of fused-ring (bicyclic) bond motifs is 2. The van der Waals surface area contributed by atoms with Crippen LogP contribution in [0.2, 0.25) is 0 Å². The smallest absolute Gasteiger partial charge is 0.259 e. The van der Waals surface area contributed by atoms with Gasteiger partial charge in [-0.1, -0.05) is 0 Å². The summed E-state index contributed by atoms with van der Waals surface area (Å²) in [6.07, 6.45) is 1.87. The molecule has 5 rings (SSSR count). The van der Waals surface area contributed by atoms with E-state index < -0.39 is 0 Å². The van der Waals surface area contributed by atoms with Crippen LogP contribution in [0.1, 0.15) is 17.0 Å². The zero-order valence-electron chi connectivity index (χ0n) is 17.7. The summed E-state index contributed by atoms with van der Waals surface area (Å²) in [6.45, 7) is 9.86. The number of aryl methyl sites for hydroxylation is 3. The number of rotatable bonds is 2. The highest BCUT2D eigenvalue weighted by atomic mass is 16.1. The molecule has 8 nitrogen and oxygen atoms in total. The van der Waals surface area contributed by atoms with Gasteiger partial charge in [0, 0.05) is 31.9 Å². The molecule has 30 heavy (non-hydrogen) atoms. The molecule has 0 saturated carbocycles. The molecule has 0 radical (unpaired) electrons. The molecule has 1 N–H and O–H groups in total. The van der Waals surface area contributed by atoms with Crippen molar-refractivity contribution in [3.05, 3.63) is 51.7 Å². The van der Waals surface area contributed by atoms with Crippen LogP contribution in [-0.4, -0.2) is 62.7 Å². The molecule has 0 bridgehead atoms. The molecule has 0 atom stereocenters. The van der Waals surface area contributed by atoms with Crippen molar-refractivity contribution in [2.75, 3.05) is 38.1 Å². The molecule has 154 valence electrons. The van der Waals surface area contributed by atoms with Gasteiger partial charge in [0.15, 0.2) is 5.82 Å². The normalized spacial score (nSPS) is 15.4. The summed E-state index contributed by atoms with van der Waals surface area (Å²) >= 11 is 0. The first kappa shape index (κ1) is 18.7. The van der Waals surface area contributed by atoms with Crippen LogP contribution in [0.25, 0.3) is 27.9 Å². The number of hydrogen-bond acceptors (Lipinski definition) is 6. The van der Waals surface area contributed by atoms with Gasteiger partial charge in [-0.3, -0.25) is 9.78 Å². The second-order valence-corrected chi connectivity index (χ2v) is 8.19. The summed E-state index contributed by atoms with van der Waals surface area (Å²) in [4.78, 5) is 29.8. The number of piperazine rings is 1. The highest BCUT2D eigenvalue weighted by molar-refractivity contribution is 5.86. The first-order chi connectivity index (χ1) is 14.4. The highest BCUT2D eigenvalue weighted by Gasteiger charge is 2.18. The molecule has 8 heteroatoms. The van der Waals surface area contributed by atoms with Crippen LogP contribution in [0.4, 0.5) is 5.69 Å². The number of nitrogens with one attached hydrogen (secondary N) is 1. The molecule has 1 aliphatic heterocycles. The number of likely N-dealkylation sites (N-methyl/N-ethyl adjacent to an activating group) is 1. The summed E-state index contributed by atoms with van der Waals surface area (Å²) in [5, 5.41) is 5.23. The minimum absolute atomic E-state index is 0.142. The van der Waals surface area contributed by atoms with E-state index in [1.54, 1.807) is 4.52 Å². The van der Waals surface area contributed by atoms with E-state index in [-0.39, 0.29) is 5.56 Å². The fourth-order valence-electron chi connectivity index (χ4n) is 4.17. The van der Waals surface area contributed by atoms with Gasteiger partial charge in [0.25, 0.3) is 5.56 Å². The van der Waals surface area contributed by atoms with Crippen molar-refractivity contribution in [1.29, 1.82) is 0 Å². The van der Waals surface area contributed by atoms with E-state index in [1.807, 2.05) is 39.1 Å². The Bertz CT molecular complexity index is 1330. The predicted octanol–water partition coefficient (Wildman–Crippen LogP) is 2.31. The molecule has 4 aromatic rings. The van der Waals surface area contributed by atoms with Gasteiger partial charge in [-0.05, 0) is 51.6 Å². The molecule has 1 saturated heterocycles. The van der Waals surface area contributed by atoms with Crippen molar-refractivity contribution in [1.82, 2.24) is 29.5 Å². The van der Waals surface area contributed by atoms with Gasteiger partial charge < -0.3 is 14.8 Å². The molecule has 0 aliphatic carbocycles. The summed E-state index contributed by atoms with van der Waals surface area (Å²) in [6, 6.07) is 6.01. The van der Waals surface area contributed by atoms with Crippen molar-refractivity contribution >= 4 is 22.1 Å². The van der Waals surface area contributed by atoms with Gasteiger partial charge in [0.1, 0.15) is 5.69 Å². The zero-order valence-corrected chi connectivity index (χ0v) is 17.7.